The molecule has 1 unspecified atom stereocenters. The van der Waals surface area contributed by atoms with E-state index in [2.05, 4.69) is 37.7 Å². The van der Waals surface area contributed by atoms with Gasteiger partial charge in [-0.15, -0.1) is 0 Å². The van der Waals surface area contributed by atoms with Gasteiger partial charge in [-0.05, 0) is 48.7 Å². The molecule has 1 atom stereocenters. The van der Waals surface area contributed by atoms with E-state index in [1.54, 1.807) is 12.4 Å². The highest BCUT2D eigenvalue weighted by Crippen LogP contribution is 2.25. The van der Waals surface area contributed by atoms with Gasteiger partial charge in [0.1, 0.15) is 12.1 Å². The molecule has 2 aromatic heterocycles. The molecule has 0 saturated carbocycles. The summed E-state index contributed by atoms with van der Waals surface area (Å²) in [5.74, 6) is 0.824. The molecule has 0 spiro atoms. The molecule has 2 aromatic carbocycles. The summed E-state index contributed by atoms with van der Waals surface area (Å²) in [7, 11) is 0. The van der Waals surface area contributed by atoms with Gasteiger partial charge in [-0.2, -0.15) is 5.10 Å². The SMILES string of the molecule is CC(C)c1cc(C(=O)Nc2cccc(C(C)Nc3ncnc4ccccc34)c2)n[nH]1. The number of rotatable bonds is 6. The largest absolute Gasteiger partial charge is 0.363 e. The van der Waals surface area contributed by atoms with Crippen LogP contribution in [0.5, 0.6) is 0 Å². The van der Waals surface area contributed by atoms with Gasteiger partial charge in [0.15, 0.2) is 5.69 Å². The number of fused-ring (bicyclic) bond motifs is 1. The minimum absolute atomic E-state index is 0.0157. The molecule has 0 bridgehead atoms. The van der Waals surface area contributed by atoms with E-state index < -0.39 is 0 Å². The van der Waals surface area contributed by atoms with Crippen molar-refractivity contribution in [2.75, 3.05) is 10.6 Å². The number of nitrogens with zero attached hydrogens (tertiary/aromatic N) is 3. The summed E-state index contributed by atoms with van der Waals surface area (Å²) in [5.41, 5.74) is 3.95. The van der Waals surface area contributed by atoms with E-state index >= 15 is 0 Å². The molecule has 7 heteroatoms. The average molecular weight is 400 g/mol. The minimum atomic E-state index is -0.238. The van der Waals surface area contributed by atoms with Crippen LogP contribution < -0.4 is 10.6 Å². The first-order valence-electron chi connectivity index (χ1n) is 9.94. The lowest BCUT2D eigenvalue weighted by molar-refractivity contribution is 0.102. The first-order valence-corrected chi connectivity index (χ1v) is 9.94. The second-order valence-electron chi connectivity index (χ2n) is 7.55. The Hall–Kier alpha value is -3.74. The van der Waals surface area contributed by atoms with Crippen molar-refractivity contribution in [1.29, 1.82) is 0 Å². The lowest BCUT2D eigenvalue weighted by Gasteiger charge is -2.17. The van der Waals surface area contributed by atoms with Gasteiger partial charge in [-0.3, -0.25) is 9.89 Å². The molecule has 4 rings (SSSR count). The van der Waals surface area contributed by atoms with E-state index in [9.17, 15) is 4.79 Å². The van der Waals surface area contributed by atoms with Crippen molar-refractivity contribution in [3.8, 4) is 0 Å². The van der Waals surface area contributed by atoms with E-state index in [1.165, 1.54) is 0 Å². The van der Waals surface area contributed by atoms with Crippen molar-refractivity contribution in [3.63, 3.8) is 0 Å². The van der Waals surface area contributed by atoms with Gasteiger partial charge < -0.3 is 10.6 Å². The molecule has 2 heterocycles. The van der Waals surface area contributed by atoms with Crippen molar-refractivity contribution >= 4 is 28.3 Å². The number of aromatic nitrogens is 4. The van der Waals surface area contributed by atoms with E-state index in [-0.39, 0.29) is 17.9 Å². The molecular weight excluding hydrogens is 376 g/mol. The van der Waals surface area contributed by atoms with Crippen molar-refractivity contribution < 1.29 is 4.79 Å². The normalized spacial score (nSPS) is 12.1. The quantitative estimate of drug-likeness (QED) is 0.428. The summed E-state index contributed by atoms with van der Waals surface area (Å²) < 4.78 is 0. The van der Waals surface area contributed by atoms with Crippen LogP contribution in [0.25, 0.3) is 10.9 Å². The Balaban J connectivity index is 1.50. The Bertz CT molecular complexity index is 1180. The Morgan fingerprint density at radius 2 is 1.83 bits per heavy atom. The Labute approximate surface area is 175 Å². The molecule has 7 nitrogen and oxygen atoms in total. The summed E-state index contributed by atoms with van der Waals surface area (Å²) in [4.78, 5) is 21.2. The summed E-state index contributed by atoms with van der Waals surface area (Å²) in [6, 6.07) is 17.4. The maximum absolute atomic E-state index is 12.5. The molecule has 152 valence electrons. The van der Waals surface area contributed by atoms with Gasteiger partial charge in [-0.1, -0.05) is 38.1 Å². The van der Waals surface area contributed by atoms with Crippen LogP contribution >= 0.6 is 0 Å². The van der Waals surface area contributed by atoms with E-state index in [0.29, 0.717) is 11.4 Å². The molecule has 0 radical (unpaired) electrons. The van der Waals surface area contributed by atoms with Crippen LogP contribution in [0.3, 0.4) is 0 Å². The van der Waals surface area contributed by atoms with Crippen molar-refractivity contribution in [2.45, 2.75) is 32.7 Å². The number of carbonyl (C=O) groups excluding carboxylic acids is 1. The zero-order chi connectivity index (χ0) is 21.1. The number of nitrogens with one attached hydrogen (secondary N) is 3. The summed E-state index contributed by atoms with van der Waals surface area (Å²) in [6.07, 6.45) is 1.56. The fraction of sp³-hybridized carbons (Fsp3) is 0.217. The van der Waals surface area contributed by atoms with E-state index in [1.807, 2.05) is 62.4 Å². The molecule has 0 fully saturated rings. The van der Waals surface area contributed by atoms with Crippen LogP contribution in [-0.2, 0) is 0 Å². The molecule has 0 aliphatic rings. The van der Waals surface area contributed by atoms with Crippen LogP contribution in [0.15, 0.2) is 60.9 Å². The van der Waals surface area contributed by atoms with Crippen LogP contribution in [0.2, 0.25) is 0 Å². The number of amides is 1. The summed E-state index contributed by atoms with van der Waals surface area (Å²) >= 11 is 0. The zero-order valence-electron chi connectivity index (χ0n) is 17.2. The van der Waals surface area contributed by atoms with Gasteiger partial charge in [-0.25, -0.2) is 9.97 Å². The Morgan fingerprint density at radius 1 is 1.00 bits per heavy atom. The number of hydrogen-bond acceptors (Lipinski definition) is 5. The summed E-state index contributed by atoms with van der Waals surface area (Å²) in [5, 5.41) is 14.4. The van der Waals surface area contributed by atoms with Crippen LogP contribution in [0, 0.1) is 0 Å². The topological polar surface area (TPSA) is 95.6 Å². The average Bonchev–Trinajstić information content (AvgIpc) is 3.25. The second kappa shape index (κ2) is 8.32. The number of para-hydroxylation sites is 1. The number of H-pyrrole nitrogens is 1. The highest BCUT2D eigenvalue weighted by molar-refractivity contribution is 6.03. The molecule has 0 aliphatic carbocycles. The molecule has 4 aromatic rings. The maximum atomic E-state index is 12.5. The van der Waals surface area contributed by atoms with Gasteiger partial charge >= 0.3 is 0 Å². The maximum Gasteiger partial charge on any atom is 0.276 e. The molecule has 0 aliphatic heterocycles. The van der Waals surface area contributed by atoms with E-state index in [4.69, 9.17) is 0 Å². The molecule has 3 N–H and O–H groups in total. The smallest absolute Gasteiger partial charge is 0.276 e. The van der Waals surface area contributed by atoms with Gasteiger partial charge in [0.2, 0.25) is 0 Å². The zero-order valence-corrected chi connectivity index (χ0v) is 17.2. The Morgan fingerprint density at radius 3 is 2.63 bits per heavy atom. The fourth-order valence-corrected chi connectivity index (χ4v) is 3.24. The van der Waals surface area contributed by atoms with Crippen LogP contribution in [-0.4, -0.2) is 26.1 Å². The third kappa shape index (κ3) is 4.15. The lowest BCUT2D eigenvalue weighted by Crippen LogP contribution is -2.13. The summed E-state index contributed by atoms with van der Waals surface area (Å²) in [6.45, 7) is 6.16. The number of carbonyl (C=O) groups is 1. The van der Waals surface area contributed by atoms with Crippen molar-refractivity contribution in [1.82, 2.24) is 20.2 Å². The molecule has 30 heavy (non-hydrogen) atoms. The van der Waals surface area contributed by atoms with Gasteiger partial charge in [0.25, 0.3) is 5.91 Å². The number of aromatic amines is 1. The predicted octanol–water partition coefficient (Wildman–Crippen LogP) is 4.90. The molecule has 0 saturated heterocycles. The van der Waals surface area contributed by atoms with E-state index in [0.717, 1.165) is 28.0 Å². The van der Waals surface area contributed by atoms with Gasteiger partial charge in [0.05, 0.1) is 11.6 Å². The first kappa shape index (κ1) is 19.6. The van der Waals surface area contributed by atoms with Crippen molar-refractivity contribution in [2.24, 2.45) is 0 Å². The monoisotopic (exact) mass is 400 g/mol. The second-order valence-corrected chi connectivity index (χ2v) is 7.55. The molecule has 1 amide bonds. The minimum Gasteiger partial charge on any atom is -0.363 e. The third-order valence-corrected chi connectivity index (χ3v) is 4.99. The first-order chi connectivity index (χ1) is 14.5. The number of hydrogen-bond donors (Lipinski definition) is 3. The lowest BCUT2D eigenvalue weighted by atomic mass is 10.1. The molecular formula is C23H24N6O. The highest BCUT2D eigenvalue weighted by Gasteiger charge is 2.14. The number of anilines is 2. The standard InChI is InChI=1S/C23H24N6O/c1-14(2)20-12-21(29-28-20)23(30)27-17-8-6-7-16(11-17)15(3)26-22-18-9-4-5-10-19(18)24-13-25-22/h4-15H,1-3H3,(H,27,30)(H,28,29)(H,24,25,26). The highest BCUT2D eigenvalue weighted by atomic mass is 16.1. The number of benzene rings is 2. The fourth-order valence-electron chi connectivity index (χ4n) is 3.24. The third-order valence-electron chi connectivity index (χ3n) is 4.99. The van der Waals surface area contributed by atoms with Crippen LogP contribution in [0.1, 0.15) is 54.5 Å². The van der Waals surface area contributed by atoms with Gasteiger partial charge in [0, 0.05) is 16.8 Å². The van der Waals surface area contributed by atoms with Crippen molar-refractivity contribution in [3.05, 3.63) is 77.9 Å². The van der Waals surface area contributed by atoms with Crippen LogP contribution in [0.4, 0.5) is 11.5 Å². The predicted molar refractivity (Wildman–Crippen MR) is 119 cm³/mol. The Kier molecular flexibility index (Phi) is 5.43.